The molecule has 1 fully saturated rings. The highest BCUT2D eigenvalue weighted by Crippen LogP contribution is 2.19. The van der Waals surface area contributed by atoms with Gasteiger partial charge in [-0.3, -0.25) is 19.7 Å². The summed E-state index contributed by atoms with van der Waals surface area (Å²) in [5.74, 6) is -0.853. The average Bonchev–Trinajstić information content (AvgIpc) is 2.69. The van der Waals surface area contributed by atoms with E-state index in [9.17, 15) is 14.4 Å². The van der Waals surface area contributed by atoms with Crippen molar-refractivity contribution in [1.29, 1.82) is 0 Å². The van der Waals surface area contributed by atoms with E-state index in [4.69, 9.17) is 5.73 Å². The third kappa shape index (κ3) is 4.39. The molecule has 1 aromatic carbocycles. The van der Waals surface area contributed by atoms with Gasteiger partial charge in [-0.05, 0) is 31.0 Å². The van der Waals surface area contributed by atoms with Crippen LogP contribution in [0.15, 0.2) is 24.3 Å². The number of rotatable bonds is 5. The number of amides is 3. The van der Waals surface area contributed by atoms with Crippen LogP contribution in [0.5, 0.6) is 0 Å². The molecule has 1 aromatic rings. The summed E-state index contributed by atoms with van der Waals surface area (Å²) in [6.45, 7) is 1.77. The lowest BCUT2D eigenvalue weighted by molar-refractivity contribution is -0.125. The quantitative estimate of drug-likeness (QED) is 0.690. The van der Waals surface area contributed by atoms with Crippen LogP contribution in [-0.2, 0) is 20.8 Å². The summed E-state index contributed by atoms with van der Waals surface area (Å²) < 4.78 is 0. The Morgan fingerprint density at radius 1 is 1.38 bits per heavy atom. The van der Waals surface area contributed by atoms with E-state index in [1.165, 1.54) is 0 Å². The van der Waals surface area contributed by atoms with Gasteiger partial charge < -0.3 is 11.1 Å². The van der Waals surface area contributed by atoms with E-state index < -0.39 is 0 Å². The van der Waals surface area contributed by atoms with Crippen LogP contribution in [0.1, 0.15) is 25.3 Å². The molecule has 0 radical (unpaired) electrons. The molecule has 4 N–H and O–H groups in total. The molecular formula is C15H19N3O3. The number of carbonyl (C=O) groups is 3. The summed E-state index contributed by atoms with van der Waals surface area (Å²) in [5, 5.41) is 5.05. The van der Waals surface area contributed by atoms with Crippen molar-refractivity contribution in [3.8, 4) is 0 Å². The lowest BCUT2D eigenvalue weighted by atomic mass is 9.98. The second-order valence-corrected chi connectivity index (χ2v) is 5.44. The second-order valence-electron chi connectivity index (χ2n) is 5.44. The van der Waals surface area contributed by atoms with Gasteiger partial charge in [-0.2, -0.15) is 0 Å². The predicted octanol–water partition coefficient (Wildman–Crippen LogP) is 0.568. The Labute approximate surface area is 123 Å². The van der Waals surface area contributed by atoms with Gasteiger partial charge in [0.15, 0.2) is 0 Å². The molecule has 112 valence electrons. The fourth-order valence-electron chi connectivity index (χ4n) is 2.28. The average molecular weight is 289 g/mol. The Bertz CT molecular complexity index is 552. The van der Waals surface area contributed by atoms with Gasteiger partial charge in [0.2, 0.25) is 17.7 Å². The van der Waals surface area contributed by atoms with Crippen molar-refractivity contribution in [3.63, 3.8) is 0 Å². The number of nitrogens with two attached hydrogens (primary N) is 1. The van der Waals surface area contributed by atoms with Crippen molar-refractivity contribution in [2.45, 2.75) is 32.2 Å². The number of hydrogen-bond acceptors (Lipinski definition) is 4. The maximum absolute atomic E-state index is 11.6. The van der Waals surface area contributed by atoms with Crippen molar-refractivity contribution in [2.24, 2.45) is 11.7 Å². The molecule has 6 heteroatoms. The minimum atomic E-state index is -0.295. The molecule has 1 aliphatic heterocycles. The zero-order valence-corrected chi connectivity index (χ0v) is 11.9. The van der Waals surface area contributed by atoms with Crippen molar-refractivity contribution in [1.82, 2.24) is 5.32 Å². The summed E-state index contributed by atoms with van der Waals surface area (Å²) in [7, 11) is 0. The van der Waals surface area contributed by atoms with Crippen LogP contribution >= 0.6 is 0 Å². The Balaban J connectivity index is 1.91. The van der Waals surface area contributed by atoms with Gasteiger partial charge in [0.25, 0.3) is 0 Å². The molecule has 1 saturated heterocycles. The van der Waals surface area contributed by atoms with Crippen molar-refractivity contribution >= 4 is 23.4 Å². The summed E-state index contributed by atoms with van der Waals surface area (Å²) >= 11 is 0. The molecule has 2 rings (SSSR count). The van der Waals surface area contributed by atoms with E-state index in [1.54, 1.807) is 19.1 Å². The van der Waals surface area contributed by atoms with Gasteiger partial charge in [-0.1, -0.05) is 12.1 Å². The molecule has 6 nitrogen and oxygen atoms in total. The molecule has 0 bridgehead atoms. The third-order valence-corrected chi connectivity index (χ3v) is 3.29. The summed E-state index contributed by atoms with van der Waals surface area (Å²) in [4.78, 5) is 34.2. The molecule has 21 heavy (non-hydrogen) atoms. The van der Waals surface area contributed by atoms with Gasteiger partial charge in [0, 0.05) is 24.6 Å². The van der Waals surface area contributed by atoms with Crippen LogP contribution in [-0.4, -0.2) is 23.8 Å². The molecule has 2 unspecified atom stereocenters. The summed E-state index contributed by atoms with van der Waals surface area (Å²) in [6.07, 6.45) is 1.03. The highest BCUT2D eigenvalue weighted by molar-refractivity contribution is 6.03. The maximum atomic E-state index is 11.6. The molecule has 0 spiro atoms. The van der Waals surface area contributed by atoms with E-state index in [0.29, 0.717) is 12.1 Å². The highest BCUT2D eigenvalue weighted by atomic mass is 16.2. The van der Waals surface area contributed by atoms with Crippen LogP contribution in [0, 0.1) is 5.92 Å². The van der Waals surface area contributed by atoms with Gasteiger partial charge in [-0.25, -0.2) is 0 Å². The molecule has 0 aromatic heterocycles. The van der Waals surface area contributed by atoms with Gasteiger partial charge in [0.1, 0.15) is 0 Å². The molecule has 1 aliphatic rings. The van der Waals surface area contributed by atoms with Crippen LogP contribution in [0.2, 0.25) is 0 Å². The molecule has 3 amide bonds. The first-order valence-corrected chi connectivity index (χ1v) is 6.92. The normalized spacial score (nSPS) is 19.2. The number of benzene rings is 1. The molecule has 0 saturated carbocycles. The highest BCUT2D eigenvalue weighted by Gasteiger charge is 2.30. The van der Waals surface area contributed by atoms with E-state index in [2.05, 4.69) is 10.6 Å². The Kier molecular flexibility index (Phi) is 4.70. The monoisotopic (exact) mass is 289 g/mol. The Morgan fingerprint density at radius 2 is 2.05 bits per heavy atom. The fraction of sp³-hybridized carbons (Fsp3) is 0.400. The first-order chi connectivity index (χ1) is 9.94. The largest absolute Gasteiger partial charge is 0.327 e. The SMILES string of the molecule is CC(N)CC(=O)Nc1ccc(CC2CC(=O)NC2=O)cc1. The van der Waals surface area contributed by atoms with Crippen LogP contribution in [0.25, 0.3) is 0 Å². The molecular weight excluding hydrogens is 270 g/mol. The molecule has 2 atom stereocenters. The van der Waals surface area contributed by atoms with E-state index >= 15 is 0 Å². The van der Waals surface area contributed by atoms with Crippen molar-refractivity contribution in [3.05, 3.63) is 29.8 Å². The third-order valence-electron chi connectivity index (χ3n) is 3.29. The predicted molar refractivity (Wildman–Crippen MR) is 78.3 cm³/mol. The van der Waals surface area contributed by atoms with Gasteiger partial charge >= 0.3 is 0 Å². The zero-order chi connectivity index (χ0) is 15.4. The maximum Gasteiger partial charge on any atom is 0.230 e. The standard InChI is InChI=1S/C15H19N3O3/c1-9(16)6-13(19)17-12-4-2-10(3-5-12)7-11-8-14(20)18-15(11)21/h2-5,9,11H,6-8,16H2,1H3,(H,17,19)(H,18,20,21). The van der Waals surface area contributed by atoms with Crippen LogP contribution in [0.4, 0.5) is 5.69 Å². The second kappa shape index (κ2) is 6.49. The number of carbonyl (C=O) groups excluding carboxylic acids is 3. The topological polar surface area (TPSA) is 101 Å². The number of imide groups is 1. The van der Waals surface area contributed by atoms with E-state index in [0.717, 1.165) is 5.56 Å². The summed E-state index contributed by atoms with van der Waals surface area (Å²) in [6, 6.07) is 7.07. The molecule has 0 aliphatic carbocycles. The Morgan fingerprint density at radius 3 is 2.57 bits per heavy atom. The minimum absolute atomic E-state index is 0.126. The van der Waals surface area contributed by atoms with E-state index in [1.807, 2.05) is 12.1 Å². The van der Waals surface area contributed by atoms with Crippen LogP contribution in [0.3, 0.4) is 0 Å². The van der Waals surface area contributed by atoms with Gasteiger partial charge in [0.05, 0.1) is 5.92 Å². The summed E-state index contributed by atoms with van der Waals surface area (Å²) in [5.41, 5.74) is 7.21. The zero-order valence-electron chi connectivity index (χ0n) is 11.9. The Hall–Kier alpha value is -2.21. The number of nitrogens with one attached hydrogen (secondary N) is 2. The first-order valence-electron chi connectivity index (χ1n) is 6.92. The van der Waals surface area contributed by atoms with E-state index in [-0.39, 0.29) is 42.5 Å². The fourth-order valence-corrected chi connectivity index (χ4v) is 2.28. The van der Waals surface area contributed by atoms with Crippen molar-refractivity contribution < 1.29 is 14.4 Å². The number of hydrogen-bond donors (Lipinski definition) is 3. The lowest BCUT2D eigenvalue weighted by Gasteiger charge is -2.09. The first kappa shape index (κ1) is 15.2. The molecule has 1 heterocycles. The van der Waals surface area contributed by atoms with Crippen molar-refractivity contribution in [2.75, 3.05) is 5.32 Å². The van der Waals surface area contributed by atoms with Crippen LogP contribution < -0.4 is 16.4 Å². The van der Waals surface area contributed by atoms with Gasteiger partial charge in [-0.15, -0.1) is 0 Å². The minimum Gasteiger partial charge on any atom is -0.327 e. The smallest absolute Gasteiger partial charge is 0.230 e. The number of anilines is 1. The lowest BCUT2D eigenvalue weighted by Crippen LogP contribution is -2.24.